The molecule has 0 aliphatic carbocycles. The summed E-state index contributed by atoms with van der Waals surface area (Å²) in [6.07, 6.45) is 1.56. The fourth-order valence-electron chi connectivity index (χ4n) is 1.59. The lowest BCUT2D eigenvalue weighted by molar-refractivity contribution is 0.588. The van der Waals surface area contributed by atoms with Crippen LogP contribution in [0.5, 0.6) is 0 Å². The van der Waals surface area contributed by atoms with Crippen molar-refractivity contribution < 1.29 is 8.42 Å². The van der Waals surface area contributed by atoms with Crippen molar-refractivity contribution in [2.75, 3.05) is 12.4 Å². The molecule has 0 atom stereocenters. The Hall–Kier alpha value is -1.64. The van der Waals surface area contributed by atoms with Gasteiger partial charge in [0, 0.05) is 6.20 Å². The van der Waals surface area contributed by atoms with Gasteiger partial charge in [-0.25, -0.2) is 23.1 Å². The Morgan fingerprint density at radius 3 is 2.70 bits per heavy atom. The van der Waals surface area contributed by atoms with Crippen molar-refractivity contribution in [2.24, 2.45) is 0 Å². The number of benzene rings is 1. The Morgan fingerprint density at radius 1 is 1.30 bits per heavy atom. The van der Waals surface area contributed by atoms with Crippen LogP contribution in [0, 0.1) is 0 Å². The summed E-state index contributed by atoms with van der Waals surface area (Å²) in [7, 11) is -0.401. The number of sulfonamides is 1. The molecule has 0 radical (unpaired) electrons. The molecule has 0 bridgehead atoms. The summed E-state index contributed by atoms with van der Waals surface area (Å²) in [5.41, 5.74) is 1.17. The second kappa shape index (κ2) is 5.78. The molecule has 1 heterocycles. The topological polar surface area (TPSA) is 84.0 Å². The number of para-hydroxylation sites is 1. The largest absolute Gasteiger partial charge is 0.339 e. The summed E-state index contributed by atoms with van der Waals surface area (Å²) in [6, 6.07) is 6.54. The molecule has 2 rings (SSSR count). The van der Waals surface area contributed by atoms with Crippen LogP contribution in [0.15, 0.2) is 35.4 Å². The lowest BCUT2D eigenvalue weighted by atomic mass is 9.99. The summed E-state index contributed by atoms with van der Waals surface area (Å²) in [4.78, 5) is 8.03. The first-order valence-corrected chi connectivity index (χ1v) is 7.59. The average Bonchev–Trinajstić information content (AvgIpc) is 2.43. The number of halogens is 1. The van der Waals surface area contributed by atoms with Crippen LogP contribution in [0.25, 0.3) is 0 Å². The van der Waals surface area contributed by atoms with Crippen molar-refractivity contribution >= 4 is 46.4 Å². The highest BCUT2D eigenvalue weighted by Gasteiger charge is 2.16. The van der Waals surface area contributed by atoms with E-state index in [0.29, 0.717) is 11.5 Å². The van der Waals surface area contributed by atoms with Crippen LogP contribution >= 0.6 is 11.6 Å². The molecule has 6 nitrogen and oxygen atoms in total. The van der Waals surface area contributed by atoms with E-state index in [1.54, 1.807) is 32.2 Å². The molecule has 104 valence electrons. The van der Waals surface area contributed by atoms with E-state index in [2.05, 4.69) is 20.0 Å². The smallest absolute Gasteiger partial charge is 0.242 e. The van der Waals surface area contributed by atoms with Crippen LogP contribution in [-0.4, -0.2) is 33.3 Å². The minimum atomic E-state index is -3.56. The summed E-state index contributed by atoms with van der Waals surface area (Å²) < 4.78 is 26.2. The zero-order chi connectivity index (χ0) is 14.8. The van der Waals surface area contributed by atoms with Crippen LogP contribution in [0.3, 0.4) is 0 Å². The van der Waals surface area contributed by atoms with Crippen LogP contribution in [0.4, 0.5) is 11.5 Å². The Balaban J connectivity index is 2.47. The number of anilines is 2. The first-order valence-electron chi connectivity index (χ1n) is 5.73. The van der Waals surface area contributed by atoms with Gasteiger partial charge >= 0.3 is 0 Å². The molecule has 0 saturated carbocycles. The monoisotopic (exact) mass is 310 g/mol. The Kier molecular flexibility index (Phi) is 4.27. The normalized spacial score (nSPS) is 11.3. The van der Waals surface area contributed by atoms with Gasteiger partial charge in [0.2, 0.25) is 15.3 Å². The molecule has 9 heteroatoms. The van der Waals surface area contributed by atoms with E-state index in [-0.39, 0.29) is 10.2 Å². The minimum absolute atomic E-state index is 0.0899. The summed E-state index contributed by atoms with van der Waals surface area (Å²) >= 11 is 5.75. The fraction of sp³-hybridized carbons (Fsp3) is 0.0909. The maximum Gasteiger partial charge on any atom is 0.242 e. The third-order valence-corrected chi connectivity index (χ3v) is 4.30. The van der Waals surface area contributed by atoms with Crippen molar-refractivity contribution in [3.8, 4) is 0 Å². The Morgan fingerprint density at radius 2 is 2.00 bits per heavy atom. The van der Waals surface area contributed by atoms with E-state index in [0.717, 1.165) is 5.46 Å². The van der Waals surface area contributed by atoms with Crippen molar-refractivity contribution in [3.63, 3.8) is 0 Å². The number of rotatable bonds is 4. The quantitative estimate of drug-likeness (QED) is 0.615. The van der Waals surface area contributed by atoms with Gasteiger partial charge in [-0.15, -0.1) is 0 Å². The molecule has 0 aliphatic rings. The Bertz CT molecular complexity index is 739. The molecular weight excluding hydrogens is 298 g/mol. The predicted octanol–water partition coefficient (Wildman–Crippen LogP) is 0.0401. The number of nitrogens with zero attached hydrogens (tertiary/aromatic N) is 2. The van der Waals surface area contributed by atoms with Crippen LogP contribution in [0.1, 0.15) is 0 Å². The number of nitrogens with one attached hydrogen (secondary N) is 2. The van der Waals surface area contributed by atoms with Crippen LogP contribution in [-0.2, 0) is 10.0 Å². The molecule has 1 aromatic heterocycles. The highest BCUT2D eigenvalue weighted by atomic mass is 35.5. The summed E-state index contributed by atoms with van der Waals surface area (Å²) in [5, 5.41) is 3.06. The highest BCUT2D eigenvalue weighted by Crippen LogP contribution is 2.23. The molecule has 1 aromatic carbocycles. The van der Waals surface area contributed by atoms with E-state index in [1.165, 1.54) is 13.1 Å². The van der Waals surface area contributed by atoms with Gasteiger partial charge in [-0.1, -0.05) is 12.1 Å². The minimum Gasteiger partial charge on any atom is -0.339 e. The third-order valence-electron chi connectivity index (χ3n) is 2.64. The van der Waals surface area contributed by atoms with Crippen LogP contribution in [0.2, 0.25) is 5.28 Å². The van der Waals surface area contributed by atoms with Gasteiger partial charge in [0.1, 0.15) is 18.6 Å². The maximum absolute atomic E-state index is 12.0. The van der Waals surface area contributed by atoms with Crippen molar-refractivity contribution in [2.45, 2.75) is 4.90 Å². The zero-order valence-corrected chi connectivity index (χ0v) is 12.5. The van der Waals surface area contributed by atoms with Gasteiger partial charge in [-0.05, 0) is 36.2 Å². The van der Waals surface area contributed by atoms with Gasteiger partial charge < -0.3 is 5.32 Å². The predicted molar refractivity (Wildman–Crippen MR) is 81.2 cm³/mol. The molecule has 0 saturated heterocycles. The molecule has 2 aromatic rings. The van der Waals surface area contributed by atoms with E-state index >= 15 is 0 Å². The second-order valence-electron chi connectivity index (χ2n) is 4.00. The van der Waals surface area contributed by atoms with Crippen molar-refractivity contribution in [1.82, 2.24) is 14.7 Å². The molecule has 0 aliphatic heterocycles. The molecule has 20 heavy (non-hydrogen) atoms. The van der Waals surface area contributed by atoms with Gasteiger partial charge in [-0.3, -0.25) is 0 Å². The third kappa shape index (κ3) is 3.09. The van der Waals surface area contributed by atoms with Crippen molar-refractivity contribution in [3.05, 3.63) is 35.7 Å². The second-order valence-corrected chi connectivity index (χ2v) is 6.19. The average molecular weight is 311 g/mol. The van der Waals surface area contributed by atoms with Crippen molar-refractivity contribution in [1.29, 1.82) is 0 Å². The highest BCUT2D eigenvalue weighted by molar-refractivity contribution is 7.89. The van der Waals surface area contributed by atoms with Gasteiger partial charge in [0.05, 0.1) is 5.69 Å². The van der Waals surface area contributed by atoms with E-state index in [9.17, 15) is 8.42 Å². The lowest BCUT2D eigenvalue weighted by Gasteiger charge is -2.12. The number of hydrogen-bond donors (Lipinski definition) is 2. The number of hydrogen-bond acceptors (Lipinski definition) is 5. The zero-order valence-electron chi connectivity index (χ0n) is 10.9. The van der Waals surface area contributed by atoms with E-state index in [1.807, 2.05) is 0 Å². The summed E-state index contributed by atoms with van der Waals surface area (Å²) in [5.74, 6) is 0.462. The molecule has 0 amide bonds. The summed E-state index contributed by atoms with van der Waals surface area (Å²) in [6.45, 7) is 0. The standard InChI is InChI=1S/C11H12BClN4O2S/c1-14-20(18,19)9-5-3-2-4-8(9)16-10-7(12)6-15-11(13)17-10/h2-6,14H,12H2,1H3,(H,15,16,17). The number of aromatic nitrogens is 2. The molecule has 0 fully saturated rings. The first-order chi connectivity index (χ1) is 9.44. The van der Waals surface area contributed by atoms with Gasteiger partial charge in [-0.2, -0.15) is 0 Å². The van der Waals surface area contributed by atoms with E-state index in [4.69, 9.17) is 11.6 Å². The SMILES string of the molecule is Bc1cnc(Cl)nc1Nc1ccccc1S(=O)(=O)NC. The molecule has 2 N–H and O–H groups in total. The fourth-order valence-corrected chi connectivity index (χ4v) is 2.61. The van der Waals surface area contributed by atoms with Gasteiger partial charge in [0.15, 0.2) is 0 Å². The first kappa shape index (κ1) is 14.8. The van der Waals surface area contributed by atoms with Crippen LogP contribution < -0.4 is 15.5 Å². The lowest BCUT2D eigenvalue weighted by Crippen LogP contribution is -2.20. The Labute approximate surface area is 123 Å². The van der Waals surface area contributed by atoms with Gasteiger partial charge in [0.25, 0.3) is 0 Å². The van der Waals surface area contributed by atoms with E-state index < -0.39 is 10.0 Å². The molecular formula is C11H12BClN4O2S. The maximum atomic E-state index is 12.0. The molecule has 0 spiro atoms. The molecule has 0 unspecified atom stereocenters.